The van der Waals surface area contributed by atoms with E-state index in [1.54, 1.807) is 0 Å². The molecule has 1 N–H and O–H groups in total. The minimum atomic E-state index is -2.88. The van der Waals surface area contributed by atoms with Crippen LogP contribution in [-0.2, 0) is 16.3 Å². The monoisotopic (exact) mass is 271 g/mol. The summed E-state index contributed by atoms with van der Waals surface area (Å²) in [5, 5.41) is 3.07. The zero-order valence-electron chi connectivity index (χ0n) is 11.9. The number of para-hydroxylation sites is 1. The topological polar surface area (TPSA) is 46.2 Å². The zero-order valence-corrected chi connectivity index (χ0v) is 12.7. The Labute approximate surface area is 112 Å². The summed E-state index contributed by atoms with van der Waals surface area (Å²) in [7, 11) is -1.04. The summed E-state index contributed by atoms with van der Waals surface area (Å²) < 4.78 is 23.2. The van der Waals surface area contributed by atoms with Gasteiger partial charge in [-0.2, -0.15) is 0 Å². The summed E-state index contributed by atoms with van der Waals surface area (Å²) in [6.45, 7) is 5.89. The molecule has 0 amide bonds. The molecule has 0 aliphatic carbocycles. The Morgan fingerprint density at radius 3 is 2.28 bits per heavy atom. The standard InChI is InChI=1S/C12H19NO2S.C2H6/c1-3-9-16(14,15)10-8-11-6-4-5-7-12(11)13-2;1-2/h4-7,13H,3,8-10H2,1-2H3;1-2H3. The van der Waals surface area contributed by atoms with Gasteiger partial charge in [-0.3, -0.25) is 0 Å². The van der Waals surface area contributed by atoms with E-state index in [0.29, 0.717) is 12.8 Å². The highest BCUT2D eigenvalue weighted by Gasteiger charge is 2.10. The lowest BCUT2D eigenvalue weighted by molar-refractivity contribution is 0.594. The molecule has 0 aromatic heterocycles. The Bertz CT molecular complexity index is 427. The number of sulfone groups is 1. The first-order valence-corrected chi connectivity index (χ1v) is 8.37. The van der Waals surface area contributed by atoms with Crippen molar-refractivity contribution in [3.8, 4) is 0 Å². The van der Waals surface area contributed by atoms with E-state index in [4.69, 9.17) is 0 Å². The van der Waals surface area contributed by atoms with Crippen molar-refractivity contribution in [3.05, 3.63) is 29.8 Å². The molecule has 0 aliphatic rings. The van der Waals surface area contributed by atoms with Gasteiger partial charge in [-0.15, -0.1) is 0 Å². The molecule has 3 nitrogen and oxygen atoms in total. The molecule has 0 heterocycles. The third-order valence-corrected chi connectivity index (χ3v) is 4.34. The summed E-state index contributed by atoms with van der Waals surface area (Å²) in [6, 6.07) is 7.80. The smallest absolute Gasteiger partial charge is 0.150 e. The quantitative estimate of drug-likeness (QED) is 0.864. The van der Waals surface area contributed by atoms with Crippen LogP contribution >= 0.6 is 0 Å². The van der Waals surface area contributed by atoms with Crippen LogP contribution in [-0.4, -0.2) is 27.0 Å². The Morgan fingerprint density at radius 2 is 1.72 bits per heavy atom. The van der Waals surface area contributed by atoms with Crippen LogP contribution in [0.25, 0.3) is 0 Å². The van der Waals surface area contributed by atoms with E-state index >= 15 is 0 Å². The molecule has 1 aromatic rings. The maximum Gasteiger partial charge on any atom is 0.150 e. The van der Waals surface area contributed by atoms with Crippen LogP contribution in [0.3, 0.4) is 0 Å². The highest BCUT2D eigenvalue weighted by molar-refractivity contribution is 7.91. The van der Waals surface area contributed by atoms with E-state index in [1.807, 2.05) is 52.1 Å². The normalized spacial score (nSPS) is 10.4. The second kappa shape index (κ2) is 8.97. The molecule has 0 spiro atoms. The first-order chi connectivity index (χ1) is 8.59. The van der Waals surface area contributed by atoms with Gasteiger partial charge >= 0.3 is 0 Å². The van der Waals surface area contributed by atoms with E-state index in [-0.39, 0.29) is 11.5 Å². The molecule has 104 valence electrons. The molecule has 0 atom stereocenters. The summed E-state index contributed by atoms with van der Waals surface area (Å²) in [5.41, 5.74) is 2.07. The molecule has 0 fully saturated rings. The second-order valence-electron chi connectivity index (χ2n) is 3.81. The summed E-state index contributed by atoms with van der Waals surface area (Å²) in [5.74, 6) is 0.522. The van der Waals surface area contributed by atoms with Crippen LogP contribution in [0.2, 0.25) is 0 Å². The summed E-state index contributed by atoms with van der Waals surface area (Å²) in [4.78, 5) is 0. The molecule has 0 saturated heterocycles. The Kier molecular flexibility index (Phi) is 8.46. The fourth-order valence-electron chi connectivity index (χ4n) is 1.66. The van der Waals surface area contributed by atoms with Gasteiger partial charge < -0.3 is 5.32 Å². The van der Waals surface area contributed by atoms with Gasteiger partial charge in [0.2, 0.25) is 0 Å². The first-order valence-electron chi connectivity index (χ1n) is 6.55. The largest absolute Gasteiger partial charge is 0.388 e. The highest BCUT2D eigenvalue weighted by Crippen LogP contribution is 2.15. The predicted molar refractivity (Wildman–Crippen MR) is 80.0 cm³/mol. The van der Waals surface area contributed by atoms with Gasteiger partial charge in [0.25, 0.3) is 0 Å². The van der Waals surface area contributed by atoms with Crippen LogP contribution in [0.1, 0.15) is 32.8 Å². The molecular formula is C14H25NO2S. The number of hydrogen-bond donors (Lipinski definition) is 1. The second-order valence-corrected chi connectivity index (χ2v) is 6.11. The lowest BCUT2D eigenvalue weighted by Crippen LogP contribution is -2.13. The molecule has 1 rings (SSSR count). The van der Waals surface area contributed by atoms with Gasteiger partial charge in [-0.1, -0.05) is 39.0 Å². The molecule has 0 saturated carbocycles. The van der Waals surface area contributed by atoms with Crippen molar-refractivity contribution in [2.45, 2.75) is 33.6 Å². The van der Waals surface area contributed by atoms with Crippen molar-refractivity contribution in [1.82, 2.24) is 0 Å². The molecule has 4 heteroatoms. The number of aryl methyl sites for hydroxylation is 1. The Morgan fingerprint density at radius 1 is 1.11 bits per heavy atom. The number of anilines is 1. The van der Waals surface area contributed by atoms with Crippen LogP contribution in [0.4, 0.5) is 5.69 Å². The van der Waals surface area contributed by atoms with Crippen molar-refractivity contribution < 1.29 is 8.42 Å². The Balaban J connectivity index is 0.00000137. The van der Waals surface area contributed by atoms with E-state index < -0.39 is 9.84 Å². The van der Waals surface area contributed by atoms with E-state index in [9.17, 15) is 8.42 Å². The number of nitrogens with one attached hydrogen (secondary N) is 1. The average Bonchev–Trinajstić information content (AvgIpc) is 2.39. The maximum absolute atomic E-state index is 11.6. The average molecular weight is 271 g/mol. The van der Waals surface area contributed by atoms with Crippen molar-refractivity contribution in [2.24, 2.45) is 0 Å². The van der Waals surface area contributed by atoms with E-state index in [0.717, 1.165) is 11.3 Å². The number of rotatable bonds is 6. The number of hydrogen-bond acceptors (Lipinski definition) is 3. The number of benzene rings is 1. The van der Waals surface area contributed by atoms with Gasteiger partial charge in [-0.05, 0) is 24.5 Å². The Hall–Kier alpha value is -1.03. The van der Waals surface area contributed by atoms with Crippen LogP contribution in [0, 0.1) is 0 Å². The third-order valence-electron chi connectivity index (χ3n) is 2.48. The van der Waals surface area contributed by atoms with Crippen LogP contribution < -0.4 is 5.32 Å². The predicted octanol–water partition coefficient (Wildman–Crippen LogP) is 3.12. The van der Waals surface area contributed by atoms with Gasteiger partial charge in [0, 0.05) is 18.5 Å². The van der Waals surface area contributed by atoms with Crippen LogP contribution in [0.5, 0.6) is 0 Å². The molecule has 0 radical (unpaired) electrons. The van der Waals surface area contributed by atoms with Crippen molar-refractivity contribution in [3.63, 3.8) is 0 Å². The van der Waals surface area contributed by atoms with Crippen molar-refractivity contribution in [2.75, 3.05) is 23.9 Å². The fourth-order valence-corrected chi connectivity index (χ4v) is 3.02. The van der Waals surface area contributed by atoms with Crippen molar-refractivity contribution in [1.29, 1.82) is 0 Å². The van der Waals surface area contributed by atoms with Crippen LogP contribution in [0.15, 0.2) is 24.3 Å². The van der Waals surface area contributed by atoms with Crippen molar-refractivity contribution >= 4 is 15.5 Å². The minimum absolute atomic E-state index is 0.236. The molecule has 0 aliphatic heterocycles. The lowest BCUT2D eigenvalue weighted by Gasteiger charge is -2.08. The highest BCUT2D eigenvalue weighted by atomic mass is 32.2. The summed E-state index contributed by atoms with van der Waals surface area (Å²) >= 11 is 0. The SMILES string of the molecule is CC.CCCS(=O)(=O)CCc1ccccc1NC. The molecular weight excluding hydrogens is 246 g/mol. The molecule has 18 heavy (non-hydrogen) atoms. The first kappa shape index (κ1) is 17.0. The maximum atomic E-state index is 11.6. The van der Waals surface area contributed by atoms with Gasteiger partial charge in [-0.25, -0.2) is 8.42 Å². The molecule has 1 aromatic carbocycles. The van der Waals surface area contributed by atoms with Gasteiger partial charge in [0.1, 0.15) is 0 Å². The zero-order chi connectivity index (χ0) is 14.0. The van der Waals surface area contributed by atoms with E-state index in [1.165, 1.54) is 0 Å². The third kappa shape index (κ3) is 6.05. The summed E-state index contributed by atoms with van der Waals surface area (Å²) in [6.07, 6.45) is 1.27. The minimum Gasteiger partial charge on any atom is -0.388 e. The molecule has 0 unspecified atom stereocenters. The van der Waals surface area contributed by atoms with Gasteiger partial charge in [0.05, 0.1) is 5.75 Å². The lowest BCUT2D eigenvalue weighted by atomic mass is 10.1. The fraction of sp³-hybridized carbons (Fsp3) is 0.571. The molecule has 0 bridgehead atoms. The van der Waals surface area contributed by atoms with Gasteiger partial charge in [0.15, 0.2) is 9.84 Å². The van der Waals surface area contributed by atoms with E-state index in [2.05, 4.69) is 5.32 Å².